The van der Waals surface area contributed by atoms with Gasteiger partial charge in [-0.3, -0.25) is 4.79 Å². The minimum atomic E-state index is -0.00177. The maximum Gasteiger partial charge on any atom is 0.227 e. The Kier molecular flexibility index (Phi) is 6.07. The lowest BCUT2D eigenvalue weighted by Crippen LogP contribution is -2.43. The molecule has 3 nitrogen and oxygen atoms in total. The van der Waals surface area contributed by atoms with Crippen LogP contribution in [0.15, 0.2) is 24.3 Å². The fourth-order valence-electron chi connectivity index (χ4n) is 3.09. The highest BCUT2D eigenvalue weighted by atomic mass is 35.5. The van der Waals surface area contributed by atoms with Gasteiger partial charge in [0.25, 0.3) is 0 Å². The molecule has 1 aromatic rings. The van der Waals surface area contributed by atoms with Crippen LogP contribution >= 0.6 is 11.6 Å². The number of rotatable bonds is 6. The van der Waals surface area contributed by atoms with Crippen molar-refractivity contribution in [1.82, 2.24) is 10.2 Å². The summed E-state index contributed by atoms with van der Waals surface area (Å²) in [5.41, 5.74) is 1.04. The number of hydrogen-bond donors (Lipinski definition) is 1. The van der Waals surface area contributed by atoms with Gasteiger partial charge in [-0.2, -0.15) is 0 Å². The first-order chi connectivity index (χ1) is 10.1. The van der Waals surface area contributed by atoms with Gasteiger partial charge in [-0.15, -0.1) is 0 Å². The van der Waals surface area contributed by atoms with Gasteiger partial charge in [0, 0.05) is 30.1 Å². The molecule has 0 aromatic heterocycles. The van der Waals surface area contributed by atoms with Crippen molar-refractivity contribution in [2.75, 3.05) is 13.6 Å². The van der Waals surface area contributed by atoms with E-state index in [2.05, 4.69) is 10.2 Å². The third-order valence-electron chi connectivity index (χ3n) is 4.28. The van der Waals surface area contributed by atoms with Crippen LogP contribution in [0.4, 0.5) is 0 Å². The van der Waals surface area contributed by atoms with Crippen LogP contribution in [-0.2, 0) is 11.3 Å². The second-order valence-corrected chi connectivity index (χ2v) is 6.36. The average Bonchev–Trinajstić information content (AvgIpc) is 3.00. The van der Waals surface area contributed by atoms with Crippen LogP contribution in [0.5, 0.6) is 0 Å². The Morgan fingerprint density at radius 1 is 1.38 bits per heavy atom. The van der Waals surface area contributed by atoms with Gasteiger partial charge in [-0.25, -0.2) is 0 Å². The number of nitrogens with zero attached hydrogens (tertiary/aromatic N) is 1. The summed E-state index contributed by atoms with van der Waals surface area (Å²) >= 11 is 6.27. The van der Waals surface area contributed by atoms with Gasteiger partial charge in [-0.1, -0.05) is 49.6 Å². The van der Waals surface area contributed by atoms with Crippen LogP contribution in [0.25, 0.3) is 0 Å². The molecule has 1 unspecified atom stereocenters. The molecule has 0 aliphatic heterocycles. The highest BCUT2D eigenvalue weighted by Gasteiger charge is 2.29. The van der Waals surface area contributed by atoms with E-state index in [1.54, 1.807) is 0 Å². The third-order valence-corrected chi connectivity index (χ3v) is 4.65. The normalized spacial score (nSPS) is 16.9. The van der Waals surface area contributed by atoms with Crippen LogP contribution in [-0.4, -0.2) is 30.4 Å². The second kappa shape index (κ2) is 7.81. The number of amides is 1. The minimum absolute atomic E-state index is 0.00177. The van der Waals surface area contributed by atoms with Crippen molar-refractivity contribution in [3.63, 3.8) is 0 Å². The maximum atomic E-state index is 12.8. The van der Waals surface area contributed by atoms with Crippen molar-refractivity contribution in [2.24, 2.45) is 5.92 Å². The lowest BCUT2D eigenvalue weighted by molar-refractivity contribution is -0.137. The molecule has 116 valence electrons. The van der Waals surface area contributed by atoms with Crippen molar-refractivity contribution in [2.45, 2.75) is 45.2 Å². The average molecular weight is 309 g/mol. The number of halogens is 1. The van der Waals surface area contributed by atoms with Crippen molar-refractivity contribution < 1.29 is 4.79 Å². The van der Waals surface area contributed by atoms with E-state index < -0.39 is 0 Å². The van der Waals surface area contributed by atoms with Crippen LogP contribution in [0.1, 0.15) is 38.2 Å². The lowest BCUT2D eigenvalue weighted by atomic mass is 10.1. The van der Waals surface area contributed by atoms with Gasteiger partial charge in [0.05, 0.1) is 0 Å². The Bertz CT molecular complexity index is 472. The zero-order valence-electron chi connectivity index (χ0n) is 12.9. The molecule has 2 rings (SSSR count). The number of hydrogen-bond acceptors (Lipinski definition) is 2. The maximum absolute atomic E-state index is 12.8. The van der Waals surface area contributed by atoms with Gasteiger partial charge < -0.3 is 10.2 Å². The molecular formula is C17H25ClN2O. The molecule has 0 radical (unpaired) electrons. The van der Waals surface area contributed by atoms with Crippen LogP contribution in [0, 0.1) is 5.92 Å². The smallest absolute Gasteiger partial charge is 0.227 e. The third kappa shape index (κ3) is 4.21. The number of nitrogens with one attached hydrogen (secondary N) is 1. The first-order valence-corrected chi connectivity index (χ1v) is 8.19. The van der Waals surface area contributed by atoms with E-state index in [0.717, 1.165) is 23.4 Å². The molecule has 0 spiro atoms. The quantitative estimate of drug-likeness (QED) is 0.873. The van der Waals surface area contributed by atoms with Crippen LogP contribution in [0.3, 0.4) is 0 Å². The summed E-state index contributed by atoms with van der Waals surface area (Å²) in [6, 6.07) is 8.19. The molecule has 1 N–H and O–H groups in total. The summed E-state index contributed by atoms with van der Waals surface area (Å²) < 4.78 is 0. The first kappa shape index (κ1) is 16.3. The SMILES string of the molecule is CNCC(C)C(=O)N(Cc1ccccc1Cl)C1CCCC1. The zero-order chi connectivity index (χ0) is 15.2. The molecule has 1 aliphatic rings. The highest BCUT2D eigenvalue weighted by Crippen LogP contribution is 2.28. The molecule has 0 saturated heterocycles. The van der Waals surface area contributed by atoms with Crippen molar-refractivity contribution in [3.8, 4) is 0 Å². The molecular weight excluding hydrogens is 284 g/mol. The Morgan fingerprint density at radius 2 is 2.05 bits per heavy atom. The summed E-state index contributed by atoms with van der Waals surface area (Å²) in [5, 5.41) is 3.84. The summed E-state index contributed by atoms with van der Waals surface area (Å²) in [6.45, 7) is 3.33. The number of carbonyl (C=O) groups excluding carboxylic acids is 1. The minimum Gasteiger partial charge on any atom is -0.335 e. The predicted molar refractivity (Wildman–Crippen MR) is 87.3 cm³/mol. The monoisotopic (exact) mass is 308 g/mol. The summed E-state index contributed by atoms with van der Waals surface area (Å²) in [7, 11) is 1.89. The van der Waals surface area contributed by atoms with E-state index in [1.165, 1.54) is 12.8 Å². The van der Waals surface area contributed by atoms with E-state index >= 15 is 0 Å². The van der Waals surface area contributed by atoms with Gasteiger partial charge in [-0.05, 0) is 31.5 Å². The van der Waals surface area contributed by atoms with Gasteiger partial charge >= 0.3 is 0 Å². The van der Waals surface area contributed by atoms with Crippen molar-refractivity contribution >= 4 is 17.5 Å². The molecule has 1 fully saturated rings. The fraction of sp³-hybridized carbons (Fsp3) is 0.588. The van der Waals surface area contributed by atoms with Gasteiger partial charge in [0.1, 0.15) is 0 Å². The molecule has 1 amide bonds. The highest BCUT2D eigenvalue weighted by molar-refractivity contribution is 6.31. The molecule has 4 heteroatoms. The molecule has 1 saturated carbocycles. The number of benzene rings is 1. The van der Waals surface area contributed by atoms with E-state index in [1.807, 2.05) is 38.2 Å². The summed E-state index contributed by atoms with van der Waals surface area (Å²) in [5.74, 6) is 0.231. The van der Waals surface area contributed by atoms with Gasteiger partial charge in [0.2, 0.25) is 5.91 Å². The predicted octanol–water partition coefficient (Wildman–Crippen LogP) is 3.47. The van der Waals surface area contributed by atoms with Crippen LogP contribution in [0.2, 0.25) is 5.02 Å². The molecule has 0 bridgehead atoms. The van der Waals surface area contributed by atoms with E-state index in [0.29, 0.717) is 19.1 Å². The second-order valence-electron chi connectivity index (χ2n) is 5.95. The largest absolute Gasteiger partial charge is 0.335 e. The zero-order valence-corrected chi connectivity index (χ0v) is 13.7. The van der Waals surface area contributed by atoms with Gasteiger partial charge in [0.15, 0.2) is 0 Å². The first-order valence-electron chi connectivity index (χ1n) is 7.82. The topological polar surface area (TPSA) is 32.3 Å². The molecule has 1 aliphatic carbocycles. The van der Waals surface area contributed by atoms with Crippen LogP contribution < -0.4 is 5.32 Å². The molecule has 21 heavy (non-hydrogen) atoms. The van der Waals surface area contributed by atoms with E-state index in [4.69, 9.17) is 11.6 Å². The summed E-state index contributed by atoms with van der Waals surface area (Å²) in [4.78, 5) is 14.8. The Hall–Kier alpha value is -1.06. The van der Waals surface area contributed by atoms with E-state index in [9.17, 15) is 4.79 Å². The molecule has 1 aromatic carbocycles. The number of carbonyl (C=O) groups is 1. The Morgan fingerprint density at radius 3 is 2.67 bits per heavy atom. The van der Waals surface area contributed by atoms with Crippen molar-refractivity contribution in [1.29, 1.82) is 0 Å². The Labute approximate surface area is 132 Å². The van der Waals surface area contributed by atoms with E-state index in [-0.39, 0.29) is 11.8 Å². The Balaban J connectivity index is 2.16. The standard InChI is InChI=1S/C17H25ClN2O/c1-13(11-19-2)17(21)20(15-8-4-5-9-15)12-14-7-3-6-10-16(14)18/h3,6-7,10,13,15,19H,4-5,8-9,11-12H2,1-2H3. The van der Waals surface area contributed by atoms with Crippen molar-refractivity contribution in [3.05, 3.63) is 34.9 Å². The fourth-order valence-corrected chi connectivity index (χ4v) is 3.29. The molecule has 0 heterocycles. The summed E-state index contributed by atoms with van der Waals surface area (Å²) in [6.07, 6.45) is 4.67. The molecule has 1 atom stereocenters. The lowest BCUT2D eigenvalue weighted by Gasteiger charge is -2.32.